The summed E-state index contributed by atoms with van der Waals surface area (Å²) < 4.78 is 0. The van der Waals surface area contributed by atoms with Crippen molar-refractivity contribution < 1.29 is 0 Å². The van der Waals surface area contributed by atoms with Crippen molar-refractivity contribution in [3.63, 3.8) is 0 Å². The summed E-state index contributed by atoms with van der Waals surface area (Å²) in [6, 6.07) is 0. The van der Waals surface area contributed by atoms with Gasteiger partial charge in [-0.3, -0.25) is 4.99 Å². The minimum absolute atomic E-state index is 0.638. The molecule has 0 aromatic carbocycles. The molecule has 0 amide bonds. The highest BCUT2D eigenvalue weighted by atomic mass is 15.3. The lowest BCUT2D eigenvalue weighted by Gasteiger charge is -2.60. The highest BCUT2D eigenvalue weighted by Gasteiger charge is 2.50. The Morgan fingerprint density at radius 2 is 2.09 bits per heavy atom. The number of amidine groups is 1. The Morgan fingerprint density at radius 1 is 1.27 bits per heavy atom. The zero-order valence-electron chi connectivity index (χ0n) is 6.84. The molecule has 0 unspecified atom stereocenters. The first-order valence-corrected chi connectivity index (χ1v) is 4.72. The van der Waals surface area contributed by atoms with Crippen LogP contribution in [0, 0.1) is 0 Å². The molecule has 0 radical (unpaired) electrons. The van der Waals surface area contributed by atoms with Gasteiger partial charge in [0, 0.05) is 25.0 Å². The number of hydrogen-bond donors (Lipinski definition) is 0. The first-order chi connectivity index (χ1) is 5.41. The number of likely N-dealkylation sites (tertiary alicyclic amines) is 1. The van der Waals surface area contributed by atoms with Gasteiger partial charge in [0.1, 0.15) is 5.84 Å². The summed E-state index contributed by atoms with van der Waals surface area (Å²) in [5, 5.41) is 0. The summed E-state index contributed by atoms with van der Waals surface area (Å²) in [6.45, 7) is 2.38. The lowest BCUT2D eigenvalue weighted by molar-refractivity contribution is -0.0190. The molecule has 1 saturated carbocycles. The van der Waals surface area contributed by atoms with Crippen LogP contribution in [0.25, 0.3) is 0 Å². The molecule has 0 aromatic heterocycles. The average molecular weight is 150 g/mol. The second kappa shape index (κ2) is 1.79. The van der Waals surface area contributed by atoms with Crippen LogP contribution in [0.4, 0.5) is 0 Å². The van der Waals surface area contributed by atoms with Crippen LogP contribution in [0.1, 0.15) is 32.1 Å². The van der Waals surface area contributed by atoms with E-state index < -0.39 is 0 Å². The normalized spacial score (nSPS) is 32.0. The molecule has 1 spiro atoms. The van der Waals surface area contributed by atoms with Crippen LogP contribution in [0.15, 0.2) is 4.99 Å². The van der Waals surface area contributed by atoms with E-state index in [9.17, 15) is 0 Å². The predicted molar refractivity (Wildman–Crippen MR) is 44.8 cm³/mol. The third-order valence-corrected chi connectivity index (χ3v) is 3.60. The molecule has 0 bridgehead atoms. The van der Waals surface area contributed by atoms with Gasteiger partial charge in [0.2, 0.25) is 0 Å². The zero-order valence-corrected chi connectivity index (χ0v) is 6.84. The summed E-state index contributed by atoms with van der Waals surface area (Å²) >= 11 is 0. The molecule has 1 aliphatic carbocycles. The Balaban J connectivity index is 1.78. The van der Waals surface area contributed by atoms with E-state index in [2.05, 4.69) is 9.89 Å². The van der Waals surface area contributed by atoms with Gasteiger partial charge in [-0.25, -0.2) is 0 Å². The number of rotatable bonds is 0. The minimum atomic E-state index is 0.638. The molecule has 0 aromatic rings. The molecule has 60 valence electrons. The third-order valence-electron chi connectivity index (χ3n) is 3.60. The molecule has 1 saturated heterocycles. The van der Waals surface area contributed by atoms with Gasteiger partial charge in [-0.05, 0) is 25.7 Å². The Hall–Kier alpha value is -0.530. The van der Waals surface area contributed by atoms with E-state index >= 15 is 0 Å². The highest BCUT2D eigenvalue weighted by molar-refractivity contribution is 5.87. The lowest BCUT2D eigenvalue weighted by Crippen LogP contribution is -2.66. The van der Waals surface area contributed by atoms with Crippen LogP contribution in [0.5, 0.6) is 0 Å². The summed E-state index contributed by atoms with van der Waals surface area (Å²) in [7, 11) is 0. The van der Waals surface area contributed by atoms with E-state index in [0.717, 1.165) is 6.54 Å². The molecule has 0 atom stereocenters. The lowest BCUT2D eigenvalue weighted by atomic mass is 9.67. The minimum Gasteiger partial charge on any atom is -0.354 e. The number of aliphatic imine (C=N–C) groups is 1. The number of hydrogen-bond acceptors (Lipinski definition) is 2. The van der Waals surface area contributed by atoms with Crippen molar-refractivity contribution in [1.29, 1.82) is 0 Å². The molecule has 2 heterocycles. The van der Waals surface area contributed by atoms with Crippen molar-refractivity contribution in [2.45, 2.75) is 37.6 Å². The van der Waals surface area contributed by atoms with E-state index in [-0.39, 0.29) is 0 Å². The second-order valence-corrected chi connectivity index (χ2v) is 4.03. The summed E-state index contributed by atoms with van der Waals surface area (Å²) in [5.41, 5.74) is 0.638. The smallest absolute Gasteiger partial charge is 0.101 e. The summed E-state index contributed by atoms with van der Waals surface area (Å²) in [4.78, 5) is 6.98. The Bertz CT molecular complexity index is 210. The van der Waals surface area contributed by atoms with E-state index in [1.54, 1.807) is 0 Å². The third kappa shape index (κ3) is 0.608. The molecule has 3 rings (SSSR count). The van der Waals surface area contributed by atoms with Crippen molar-refractivity contribution in [2.75, 3.05) is 13.1 Å². The maximum absolute atomic E-state index is 4.41. The first kappa shape index (κ1) is 6.04. The molecule has 2 aliphatic heterocycles. The van der Waals surface area contributed by atoms with Crippen molar-refractivity contribution in [3.05, 3.63) is 0 Å². The van der Waals surface area contributed by atoms with Gasteiger partial charge in [-0.2, -0.15) is 0 Å². The topological polar surface area (TPSA) is 15.6 Å². The second-order valence-electron chi connectivity index (χ2n) is 4.03. The van der Waals surface area contributed by atoms with Gasteiger partial charge < -0.3 is 4.90 Å². The fourth-order valence-corrected chi connectivity index (χ4v) is 2.48. The Kier molecular flexibility index (Phi) is 0.984. The standard InChI is InChI=1S/C9H14N2/c1-3-9(4-1)5-7-11(9)8-2-6-10-8/h1-7H2. The molecule has 2 heteroatoms. The van der Waals surface area contributed by atoms with Crippen LogP contribution >= 0.6 is 0 Å². The fraction of sp³-hybridized carbons (Fsp3) is 0.889. The molecular formula is C9H14N2. The SMILES string of the molecule is C1CC2(C1)CCN2C1=NCC1. The molecule has 2 nitrogen and oxygen atoms in total. The van der Waals surface area contributed by atoms with Gasteiger partial charge in [-0.1, -0.05) is 0 Å². The van der Waals surface area contributed by atoms with E-state index in [1.807, 2.05) is 0 Å². The summed E-state index contributed by atoms with van der Waals surface area (Å²) in [5.74, 6) is 1.41. The summed E-state index contributed by atoms with van der Waals surface area (Å²) in [6.07, 6.45) is 7.01. The first-order valence-electron chi connectivity index (χ1n) is 4.72. The Morgan fingerprint density at radius 3 is 2.36 bits per heavy atom. The quantitative estimate of drug-likeness (QED) is 0.510. The van der Waals surface area contributed by atoms with Crippen molar-refractivity contribution in [1.82, 2.24) is 4.90 Å². The van der Waals surface area contributed by atoms with Crippen molar-refractivity contribution in [3.8, 4) is 0 Å². The molecule has 0 N–H and O–H groups in total. The van der Waals surface area contributed by atoms with Crippen LogP contribution in [0.3, 0.4) is 0 Å². The molecule has 11 heavy (non-hydrogen) atoms. The van der Waals surface area contributed by atoms with E-state index in [0.29, 0.717) is 5.54 Å². The highest BCUT2D eigenvalue weighted by Crippen LogP contribution is 2.47. The maximum atomic E-state index is 4.41. The van der Waals surface area contributed by atoms with Crippen LogP contribution < -0.4 is 0 Å². The van der Waals surface area contributed by atoms with Crippen LogP contribution in [0.2, 0.25) is 0 Å². The van der Waals surface area contributed by atoms with E-state index in [1.165, 1.54) is 44.5 Å². The monoisotopic (exact) mass is 150 g/mol. The molecular weight excluding hydrogens is 136 g/mol. The van der Waals surface area contributed by atoms with Gasteiger partial charge in [0.05, 0.1) is 0 Å². The van der Waals surface area contributed by atoms with Crippen molar-refractivity contribution >= 4 is 5.84 Å². The maximum Gasteiger partial charge on any atom is 0.101 e. The zero-order chi connectivity index (χ0) is 7.31. The number of nitrogens with zero attached hydrogens (tertiary/aromatic N) is 2. The average Bonchev–Trinajstić information content (AvgIpc) is 1.71. The molecule has 2 fully saturated rings. The van der Waals surface area contributed by atoms with E-state index in [4.69, 9.17) is 0 Å². The van der Waals surface area contributed by atoms with Gasteiger partial charge in [-0.15, -0.1) is 0 Å². The predicted octanol–water partition coefficient (Wildman–Crippen LogP) is 1.42. The van der Waals surface area contributed by atoms with Gasteiger partial charge in [0.25, 0.3) is 0 Å². The van der Waals surface area contributed by atoms with Crippen LogP contribution in [-0.2, 0) is 0 Å². The van der Waals surface area contributed by atoms with Crippen molar-refractivity contribution in [2.24, 2.45) is 4.99 Å². The fourth-order valence-electron chi connectivity index (χ4n) is 2.48. The molecule has 3 aliphatic rings. The van der Waals surface area contributed by atoms with Gasteiger partial charge in [0.15, 0.2) is 0 Å². The Labute approximate surface area is 67.3 Å². The largest absolute Gasteiger partial charge is 0.354 e. The van der Waals surface area contributed by atoms with Gasteiger partial charge >= 0.3 is 0 Å². The van der Waals surface area contributed by atoms with Crippen LogP contribution in [-0.4, -0.2) is 29.4 Å².